The minimum Gasteiger partial charge on any atom is -0.348 e. The Hall–Kier alpha value is -0.610. The molecule has 21 heavy (non-hydrogen) atoms. The van der Waals surface area contributed by atoms with Gasteiger partial charge in [-0.25, -0.2) is 4.98 Å². The highest BCUT2D eigenvalue weighted by Gasteiger charge is 2.20. The fraction of sp³-hybridized carbons (Fsp3) is 0.824. The first kappa shape index (κ1) is 16.8. The molecular formula is C17H31N3S. The number of hydrogen-bond acceptors (Lipinski definition) is 4. The lowest BCUT2D eigenvalue weighted by molar-refractivity contribution is 0.521. The molecule has 1 unspecified atom stereocenters. The first-order valence-corrected chi connectivity index (χ1v) is 9.38. The van der Waals surface area contributed by atoms with Crippen molar-refractivity contribution in [2.24, 2.45) is 5.92 Å². The molecule has 2 heterocycles. The van der Waals surface area contributed by atoms with Gasteiger partial charge in [0, 0.05) is 24.5 Å². The highest BCUT2D eigenvalue weighted by molar-refractivity contribution is 7.15. The van der Waals surface area contributed by atoms with Crippen LogP contribution < -0.4 is 10.2 Å². The van der Waals surface area contributed by atoms with Gasteiger partial charge in [0.05, 0.1) is 5.69 Å². The second kappa shape index (κ2) is 8.14. The van der Waals surface area contributed by atoms with Gasteiger partial charge in [0.25, 0.3) is 0 Å². The van der Waals surface area contributed by atoms with E-state index in [9.17, 15) is 0 Å². The maximum Gasteiger partial charge on any atom is 0.185 e. The molecule has 0 radical (unpaired) electrons. The van der Waals surface area contributed by atoms with Crippen LogP contribution in [0.4, 0.5) is 5.13 Å². The van der Waals surface area contributed by atoms with Crippen molar-refractivity contribution < 1.29 is 0 Å². The van der Waals surface area contributed by atoms with E-state index in [0.717, 1.165) is 19.0 Å². The minimum absolute atomic E-state index is 0.513. The predicted molar refractivity (Wildman–Crippen MR) is 93.4 cm³/mol. The van der Waals surface area contributed by atoms with Crippen molar-refractivity contribution in [3.63, 3.8) is 0 Å². The van der Waals surface area contributed by atoms with Crippen LogP contribution in [0.3, 0.4) is 0 Å². The summed E-state index contributed by atoms with van der Waals surface area (Å²) in [5, 5.41) is 4.79. The summed E-state index contributed by atoms with van der Waals surface area (Å²) in [7, 11) is 0. The molecule has 0 saturated carbocycles. The zero-order valence-electron chi connectivity index (χ0n) is 14.1. The van der Waals surface area contributed by atoms with Gasteiger partial charge in [-0.15, -0.1) is 11.3 Å². The van der Waals surface area contributed by atoms with Crippen molar-refractivity contribution in [2.75, 3.05) is 24.5 Å². The summed E-state index contributed by atoms with van der Waals surface area (Å²) in [4.78, 5) is 8.94. The lowest BCUT2D eigenvalue weighted by atomic mass is 10.0. The van der Waals surface area contributed by atoms with Gasteiger partial charge < -0.3 is 10.2 Å². The summed E-state index contributed by atoms with van der Waals surface area (Å²) in [5.74, 6) is 1.38. The standard InChI is InChI=1S/C17H31N3S/c1-5-9-18-12-15-16(13(2)3)19-17(21-15)20-10-6-7-14(4)8-11-20/h13-14,18H,5-12H2,1-4H3. The molecule has 1 aromatic heterocycles. The molecule has 0 aromatic carbocycles. The highest BCUT2D eigenvalue weighted by atomic mass is 32.1. The number of hydrogen-bond donors (Lipinski definition) is 1. The largest absolute Gasteiger partial charge is 0.348 e. The number of anilines is 1. The maximum atomic E-state index is 4.98. The van der Waals surface area contributed by atoms with E-state index < -0.39 is 0 Å². The molecule has 1 aliphatic heterocycles. The molecular weight excluding hydrogens is 278 g/mol. The summed E-state index contributed by atoms with van der Waals surface area (Å²) in [6, 6.07) is 0. The Morgan fingerprint density at radius 1 is 1.33 bits per heavy atom. The Morgan fingerprint density at radius 2 is 2.14 bits per heavy atom. The second-order valence-electron chi connectivity index (χ2n) is 6.66. The van der Waals surface area contributed by atoms with Gasteiger partial charge in [0.2, 0.25) is 0 Å². The van der Waals surface area contributed by atoms with E-state index in [4.69, 9.17) is 4.98 Å². The molecule has 0 aliphatic carbocycles. The second-order valence-corrected chi connectivity index (χ2v) is 7.72. The van der Waals surface area contributed by atoms with Gasteiger partial charge in [-0.05, 0) is 44.1 Å². The van der Waals surface area contributed by atoms with Crippen molar-refractivity contribution in [1.82, 2.24) is 10.3 Å². The average Bonchev–Trinajstić information content (AvgIpc) is 2.75. The van der Waals surface area contributed by atoms with Gasteiger partial charge in [-0.2, -0.15) is 0 Å². The molecule has 1 atom stereocenters. The highest BCUT2D eigenvalue weighted by Crippen LogP contribution is 2.32. The molecule has 0 spiro atoms. The Bertz CT molecular complexity index is 428. The van der Waals surface area contributed by atoms with Crippen LogP contribution in [0.1, 0.15) is 69.9 Å². The van der Waals surface area contributed by atoms with Crippen LogP contribution >= 0.6 is 11.3 Å². The van der Waals surface area contributed by atoms with Crippen LogP contribution in [0.5, 0.6) is 0 Å². The SMILES string of the molecule is CCCNCc1sc(N2CCCC(C)CC2)nc1C(C)C. The van der Waals surface area contributed by atoms with Crippen LogP contribution in [-0.2, 0) is 6.54 Å². The third kappa shape index (κ3) is 4.68. The summed E-state index contributed by atoms with van der Waals surface area (Å²) in [5.41, 5.74) is 1.30. The number of rotatable bonds is 6. The molecule has 120 valence electrons. The van der Waals surface area contributed by atoms with Crippen molar-refractivity contribution in [1.29, 1.82) is 0 Å². The number of nitrogens with one attached hydrogen (secondary N) is 1. The quantitative estimate of drug-likeness (QED) is 0.790. The van der Waals surface area contributed by atoms with E-state index in [-0.39, 0.29) is 0 Å². The van der Waals surface area contributed by atoms with Crippen LogP contribution in [0.15, 0.2) is 0 Å². The fourth-order valence-corrected chi connectivity index (χ4v) is 4.13. The first-order chi connectivity index (χ1) is 10.1. The van der Waals surface area contributed by atoms with Crippen molar-refractivity contribution in [3.05, 3.63) is 10.6 Å². The summed E-state index contributed by atoms with van der Waals surface area (Å²) in [6.45, 7) is 13.5. The molecule has 2 rings (SSSR count). The molecule has 4 heteroatoms. The van der Waals surface area contributed by atoms with Crippen LogP contribution in [0, 0.1) is 5.92 Å². The molecule has 3 nitrogen and oxygen atoms in total. The van der Waals surface area contributed by atoms with Crippen molar-refractivity contribution in [3.8, 4) is 0 Å². The number of nitrogens with zero attached hydrogens (tertiary/aromatic N) is 2. The fourth-order valence-electron chi connectivity index (χ4n) is 2.90. The van der Waals surface area contributed by atoms with E-state index in [1.165, 1.54) is 54.5 Å². The first-order valence-electron chi connectivity index (χ1n) is 8.57. The lowest BCUT2D eigenvalue weighted by Crippen LogP contribution is -2.23. The monoisotopic (exact) mass is 309 g/mol. The smallest absolute Gasteiger partial charge is 0.185 e. The Morgan fingerprint density at radius 3 is 2.86 bits per heavy atom. The van der Waals surface area contributed by atoms with Gasteiger partial charge in [-0.1, -0.05) is 27.7 Å². The summed E-state index contributed by atoms with van der Waals surface area (Å²) >= 11 is 1.91. The average molecular weight is 310 g/mol. The molecule has 1 saturated heterocycles. The van der Waals surface area contributed by atoms with E-state index in [1.807, 2.05) is 11.3 Å². The number of aromatic nitrogens is 1. The normalized spacial score (nSPS) is 20.0. The summed E-state index contributed by atoms with van der Waals surface area (Å²) in [6.07, 6.45) is 5.16. The van der Waals surface area contributed by atoms with Gasteiger partial charge in [-0.3, -0.25) is 0 Å². The van der Waals surface area contributed by atoms with Crippen LogP contribution in [0.2, 0.25) is 0 Å². The minimum atomic E-state index is 0.513. The molecule has 0 bridgehead atoms. The van der Waals surface area contributed by atoms with Crippen molar-refractivity contribution in [2.45, 2.75) is 65.8 Å². The van der Waals surface area contributed by atoms with Crippen molar-refractivity contribution >= 4 is 16.5 Å². The third-order valence-electron chi connectivity index (χ3n) is 4.26. The maximum absolute atomic E-state index is 4.98. The molecule has 1 aromatic rings. The Balaban J connectivity index is 2.10. The van der Waals surface area contributed by atoms with Crippen LogP contribution in [0.25, 0.3) is 0 Å². The number of thiazole rings is 1. The van der Waals surface area contributed by atoms with Gasteiger partial charge in [0.15, 0.2) is 5.13 Å². The Labute approximate surface area is 134 Å². The van der Waals surface area contributed by atoms with Gasteiger partial charge >= 0.3 is 0 Å². The molecule has 1 aliphatic rings. The zero-order chi connectivity index (χ0) is 15.2. The lowest BCUT2D eigenvalue weighted by Gasteiger charge is -2.19. The molecule has 0 amide bonds. The summed E-state index contributed by atoms with van der Waals surface area (Å²) < 4.78 is 0. The molecule has 1 fully saturated rings. The zero-order valence-corrected chi connectivity index (χ0v) is 14.9. The predicted octanol–water partition coefficient (Wildman–Crippen LogP) is 4.39. The van der Waals surface area contributed by atoms with E-state index in [0.29, 0.717) is 5.92 Å². The van der Waals surface area contributed by atoms with Crippen LogP contribution in [-0.4, -0.2) is 24.6 Å². The molecule has 1 N–H and O–H groups in total. The van der Waals surface area contributed by atoms with Gasteiger partial charge in [0.1, 0.15) is 0 Å². The third-order valence-corrected chi connectivity index (χ3v) is 5.39. The van der Waals surface area contributed by atoms with E-state index >= 15 is 0 Å². The topological polar surface area (TPSA) is 28.2 Å². The Kier molecular flexibility index (Phi) is 6.49. The van der Waals surface area contributed by atoms with E-state index in [2.05, 4.69) is 37.9 Å². The van der Waals surface area contributed by atoms with E-state index in [1.54, 1.807) is 0 Å².